The molecule has 2 heteroatoms. The molecule has 0 aromatic heterocycles. The van der Waals surface area contributed by atoms with E-state index in [1.165, 1.54) is 0 Å². The summed E-state index contributed by atoms with van der Waals surface area (Å²) in [6, 6.07) is 12.0. The van der Waals surface area contributed by atoms with E-state index in [4.69, 9.17) is 5.73 Å². The number of phenolic OH excluding ortho intramolecular Hbond substituents is 1. The molecule has 1 saturated carbocycles. The SMILES string of the molecule is CC1(C)C(N)C1c1c(O)ccc2ccccc12. The second-order valence-corrected chi connectivity index (χ2v) is 5.54. The van der Waals surface area contributed by atoms with E-state index in [9.17, 15) is 5.11 Å². The molecular formula is C15H17NO. The maximum atomic E-state index is 10.1. The molecule has 0 bridgehead atoms. The van der Waals surface area contributed by atoms with Crippen molar-refractivity contribution in [2.75, 3.05) is 0 Å². The van der Waals surface area contributed by atoms with Crippen LogP contribution in [0, 0.1) is 5.41 Å². The highest BCUT2D eigenvalue weighted by Gasteiger charge is 2.57. The molecule has 0 heterocycles. The fourth-order valence-corrected chi connectivity index (χ4v) is 2.84. The van der Waals surface area contributed by atoms with E-state index in [0.717, 1.165) is 16.3 Å². The molecule has 1 aliphatic carbocycles. The van der Waals surface area contributed by atoms with Crippen molar-refractivity contribution < 1.29 is 5.11 Å². The molecule has 2 aromatic rings. The first-order valence-corrected chi connectivity index (χ1v) is 5.99. The highest BCUT2D eigenvalue weighted by atomic mass is 16.3. The van der Waals surface area contributed by atoms with Gasteiger partial charge >= 0.3 is 0 Å². The number of aromatic hydroxyl groups is 1. The van der Waals surface area contributed by atoms with Crippen LogP contribution in [0.2, 0.25) is 0 Å². The average Bonchev–Trinajstić information content (AvgIpc) is 2.79. The zero-order chi connectivity index (χ0) is 12.2. The van der Waals surface area contributed by atoms with E-state index in [-0.39, 0.29) is 17.4 Å². The molecule has 2 aromatic carbocycles. The molecule has 0 amide bonds. The lowest BCUT2D eigenvalue weighted by Crippen LogP contribution is -2.06. The van der Waals surface area contributed by atoms with Crippen LogP contribution >= 0.6 is 0 Å². The molecule has 0 aliphatic heterocycles. The van der Waals surface area contributed by atoms with Crippen molar-refractivity contribution in [1.29, 1.82) is 0 Å². The van der Waals surface area contributed by atoms with Crippen molar-refractivity contribution in [3.63, 3.8) is 0 Å². The first-order valence-electron chi connectivity index (χ1n) is 5.99. The standard InChI is InChI=1S/C15H17NO/c1-15(2)13(14(15)16)12-10-6-4-3-5-9(10)7-8-11(12)17/h3-8,13-14,17H,16H2,1-2H3. The Labute approximate surface area is 101 Å². The molecule has 1 fully saturated rings. The fourth-order valence-electron chi connectivity index (χ4n) is 2.84. The minimum atomic E-state index is 0.0849. The highest BCUT2D eigenvalue weighted by Crippen LogP contribution is 2.60. The predicted molar refractivity (Wildman–Crippen MR) is 70.1 cm³/mol. The smallest absolute Gasteiger partial charge is 0.119 e. The van der Waals surface area contributed by atoms with Gasteiger partial charge in [-0.3, -0.25) is 0 Å². The van der Waals surface area contributed by atoms with Gasteiger partial charge in [-0.1, -0.05) is 44.2 Å². The average molecular weight is 227 g/mol. The topological polar surface area (TPSA) is 46.2 Å². The number of benzene rings is 2. The minimum absolute atomic E-state index is 0.0849. The van der Waals surface area contributed by atoms with Crippen LogP contribution in [-0.2, 0) is 0 Å². The summed E-state index contributed by atoms with van der Waals surface area (Å²) >= 11 is 0. The third kappa shape index (κ3) is 1.37. The van der Waals surface area contributed by atoms with Crippen LogP contribution in [0.15, 0.2) is 36.4 Å². The molecule has 2 atom stereocenters. The zero-order valence-corrected chi connectivity index (χ0v) is 10.1. The Bertz CT molecular complexity index is 588. The van der Waals surface area contributed by atoms with Crippen LogP contribution < -0.4 is 5.73 Å². The summed E-state index contributed by atoms with van der Waals surface area (Å²) < 4.78 is 0. The molecule has 0 radical (unpaired) electrons. The Morgan fingerprint density at radius 1 is 1.12 bits per heavy atom. The molecule has 0 spiro atoms. The molecule has 1 aliphatic rings. The van der Waals surface area contributed by atoms with E-state index >= 15 is 0 Å². The summed E-state index contributed by atoms with van der Waals surface area (Å²) in [7, 11) is 0. The van der Waals surface area contributed by atoms with Crippen molar-refractivity contribution in [3.8, 4) is 5.75 Å². The molecule has 3 rings (SSSR count). The van der Waals surface area contributed by atoms with Gasteiger partial charge in [0.2, 0.25) is 0 Å². The van der Waals surface area contributed by atoms with Crippen LogP contribution in [0.1, 0.15) is 25.3 Å². The summed E-state index contributed by atoms with van der Waals surface area (Å²) in [6.07, 6.45) is 0. The summed E-state index contributed by atoms with van der Waals surface area (Å²) in [6.45, 7) is 4.31. The second-order valence-electron chi connectivity index (χ2n) is 5.54. The number of phenols is 1. The van der Waals surface area contributed by atoms with Gasteiger partial charge < -0.3 is 10.8 Å². The Hall–Kier alpha value is -1.54. The molecule has 0 saturated heterocycles. The number of rotatable bonds is 1. The van der Waals surface area contributed by atoms with Gasteiger partial charge in [-0.2, -0.15) is 0 Å². The van der Waals surface area contributed by atoms with Crippen molar-refractivity contribution in [1.82, 2.24) is 0 Å². The maximum Gasteiger partial charge on any atom is 0.119 e. The lowest BCUT2D eigenvalue weighted by Gasteiger charge is -2.10. The van der Waals surface area contributed by atoms with E-state index in [1.807, 2.05) is 18.2 Å². The van der Waals surface area contributed by atoms with Gasteiger partial charge in [-0.15, -0.1) is 0 Å². The van der Waals surface area contributed by atoms with E-state index in [1.54, 1.807) is 6.07 Å². The molecular weight excluding hydrogens is 210 g/mol. The third-order valence-electron chi connectivity index (χ3n) is 4.17. The summed E-state index contributed by atoms with van der Waals surface area (Å²) in [4.78, 5) is 0. The normalized spacial score (nSPS) is 26.1. The van der Waals surface area contributed by atoms with Crippen LogP contribution in [0.5, 0.6) is 5.75 Å². The Kier molecular flexibility index (Phi) is 2.02. The number of fused-ring (bicyclic) bond motifs is 1. The maximum absolute atomic E-state index is 10.1. The fraction of sp³-hybridized carbons (Fsp3) is 0.333. The lowest BCUT2D eigenvalue weighted by molar-refractivity contribution is 0.465. The van der Waals surface area contributed by atoms with Gasteiger partial charge in [-0.25, -0.2) is 0 Å². The van der Waals surface area contributed by atoms with Crippen molar-refractivity contribution in [2.45, 2.75) is 25.8 Å². The monoisotopic (exact) mass is 227 g/mol. The minimum Gasteiger partial charge on any atom is -0.508 e. The van der Waals surface area contributed by atoms with E-state index in [0.29, 0.717) is 5.75 Å². The predicted octanol–water partition coefficient (Wildman–Crippen LogP) is 3.00. The van der Waals surface area contributed by atoms with Gasteiger partial charge in [0.15, 0.2) is 0 Å². The van der Waals surface area contributed by atoms with Gasteiger partial charge in [0, 0.05) is 17.5 Å². The van der Waals surface area contributed by atoms with Crippen molar-refractivity contribution >= 4 is 10.8 Å². The lowest BCUT2D eigenvalue weighted by atomic mass is 9.96. The van der Waals surface area contributed by atoms with Crippen LogP contribution in [0.25, 0.3) is 10.8 Å². The summed E-state index contributed by atoms with van der Waals surface area (Å²) in [5.74, 6) is 0.628. The zero-order valence-electron chi connectivity index (χ0n) is 10.1. The highest BCUT2D eigenvalue weighted by molar-refractivity contribution is 5.89. The van der Waals surface area contributed by atoms with Gasteiger partial charge in [-0.05, 0) is 22.3 Å². The summed E-state index contributed by atoms with van der Waals surface area (Å²) in [5.41, 5.74) is 7.22. The third-order valence-corrected chi connectivity index (χ3v) is 4.17. The molecule has 2 nitrogen and oxygen atoms in total. The molecule has 2 unspecified atom stereocenters. The molecule has 3 N–H and O–H groups in total. The first-order chi connectivity index (χ1) is 8.03. The van der Waals surface area contributed by atoms with Gasteiger partial charge in [0.05, 0.1) is 0 Å². The Morgan fingerprint density at radius 2 is 1.76 bits per heavy atom. The van der Waals surface area contributed by atoms with Crippen molar-refractivity contribution in [2.24, 2.45) is 11.1 Å². The number of hydrogen-bond donors (Lipinski definition) is 2. The molecule has 17 heavy (non-hydrogen) atoms. The van der Waals surface area contributed by atoms with E-state index < -0.39 is 0 Å². The number of hydrogen-bond acceptors (Lipinski definition) is 2. The van der Waals surface area contributed by atoms with Crippen LogP contribution in [0.4, 0.5) is 0 Å². The van der Waals surface area contributed by atoms with Gasteiger partial charge in [0.25, 0.3) is 0 Å². The van der Waals surface area contributed by atoms with Crippen LogP contribution in [0.3, 0.4) is 0 Å². The second kappa shape index (κ2) is 3.23. The van der Waals surface area contributed by atoms with Crippen molar-refractivity contribution in [3.05, 3.63) is 42.0 Å². The van der Waals surface area contributed by atoms with Gasteiger partial charge in [0.1, 0.15) is 5.75 Å². The van der Waals surface area contributed by atoms with E-state index in [2.05, 4.69) is 26.0 Å². The first kappa shape index (κ1) is 10.6. The summed E-state index contributed by atoms with van der Waals surface area (Å²) in [5, 5.41) is 12.4. The Morgan fingerprint density at radius 3 is 2.41 bits per heavy atom. The van der Waals surface area contributed by atoms with Crippen LogP contribution in [-0.4, -0.2) is 11.1 Å². The largest absolute Gasteiger partial charge is 0.508 e. The quantitative estimate of drug-likeness (QED) is 0.786. The molecule has 88 valence electrons. The number of nitrogens with two attached hydrogens (primary N) is 1. The Balaban J connectivity index is 2.26.